The number of para-hydroxylation sites is 1. The topological polar surface area (TPSA) is 44.1 Å². The van der Waals surface area contributed by atoms with Crippen LogP contribution >= 0.6 is 11.6 Å². The smallest absolute Gasteiger partial charge is 0.405 e. The minimum absolute atomic E-state index is 0.199. The zero-order valence-corrected chi connectivity index (χ0v) is 14.5. The standard InChI is InChI=1S/C19H12ClF3N2O2/c20-13-5-6-14-15(10-13)24-17-12(7-8-25(17)18(14)26)9-11-3-1-2-4-16(11)27-19(21,22)23/h1-6,9-10H,7-8H2/b12-9+. The molecule has 0 aliphatic carbocycles. The third kappa shape index (κ3) is 3.42. The quantitative estimate of drug-likeness (QED) is 0.623. The van der Waals surface area contributed by atoms with Crippen LogP contribution in [0.15, 0.2) is 47.3 Å². The highest BCUT2D eigenvalue weighted by molar-refractivity contribution is 6.31. The highest BCUT2D eigenvalue weighted by Gasteiger charge is 2.32. The molecule has 0 radical (unpaired) electrons. The number of alkyl halides is 3. The minimum atomic E-state index is -4.79. The number of aromatic nitrogens is 2. The van der Waals surface area contributed by atoms with Gasteiger partial charge in [-0.2, -0.15) is 0 Å². The molecule has 0 atom stereocenters. The van der Waals surface area contributed by atoms with Crippen LogP contribution in [-0.2, 0) is 6.54 Å². The van der Waals surface area contributed by atoms with E-state index in [2.05, 4.69) is 9.72 Å². The number of benzene rings is 2. The molecule has 138 valence electrons. The predicted molar refractivity (Wildman–Crippen MR) is 96.6 cm³/mol. The summed E-state index contributed by atoms with van der Waals surface area (Å²) in [6, 6.07) is 10.7. The molecule has 0 spiro atoms. The van der Waals surface area contributed by atoms with Crippen LogP contribution in [0, 0.1) is 0 Å². The van der Waals surface area contributed by atoms with E-state index < -0.39 is 6.36 Å². The molecule has 2 aromatic carbocycles. The number of nitrogens with zero attached hydrogens (tertiary/aromatic N) is 2. The van der Waals surface area contributed by atoms with Gasteiger partial charge in [0.1, 0.15) is 11.6 Å². The number of hydrogen-bond donors (Lipinski definition) is 0. The van der Waals surface area contributed by atoms with Gasteiger partial charge in [-0.25, -0.2) is 4.98 Å². The molecule has 2 heterocycles. The average molecular weight is 393 g/mol. The summed E-state index contributed by atoms with van der Waals surface area (Å²) in [5.74, 6) is 0.124. The number of halogens is 4. The van der Waals surface area contributed by atoms with Gasteiger partial charge < -0.3 is 4.74 Å². The number of fused-ring (bicyclic) bond motifs is 2. The lowest BCUT2D eigenvalue weighted by molar-refractivity contribution is -0.274. The van der Waals surface area contributed by atoms with Crippen LogP contribution in [0.2, 0.25) is 5.02 Å². The fraction of sp³-hybridized carbons (Fsp3) is 0.158. The van der Waals surface area contributed by atoms with Crippen LogP contribution in [0.1, 0.15) is 17.8 Å². The highest BCUT2D eigenvalue weighted by Crippen LogP contribution is 2.32. The molecule has 4 rings (SSSR count). The van der Waals surface area contributed by atoms with Gasteiger partial charge in [0.05, 0.1) is 10.9 Å². The van der Waals surface area contributed by atoms with Gasteiger partial charge in [-0.1, -0.05) is 29.8 Å². The van der Waals surface area contributed by atoms with Gasteiger partial charge in [-0.15, -0.1) is 13.2 Å². The van der Waals surface area contributed by atoms with E-state index in [1.54, 1.807) is 30.3 Å². The lowest BCUT2D eigenvalue weighted by Crippen LogP contribution is -2.20. The lowest BCUT2D eigenvalue weighted by Gasteiger charge is -2.11. The Morgan fingerprint density at radius 3 is 2.74 bits per heavy atom. The Kier molecular flexibility index (Phi) is 4.19. The SMILES string of the molecule is O=c1c2ccc(Cl)cc2nc2n1CC/C2=C\c1ccccc1OC(F)(F)F. The van der Waals surface area contributed by atoms with Crippen molar-refractivity contribution in [2.75, 3.05) is 0 Å². The van der Waals surface area contributed by atoms with E-state index in [0.29, 0.717) is 40.3 Å². The summed E-state index contributed by atoms with van der Waals surface area (Å²) in [7, 11) is 0. The predicted octanol–water partition coefficient (Wildman–Crippen LogP) is 4.89. The zero-order valence-electron chi connectivity index (χ0n) is 13.8. The molecule has 8 heteroatoms. The van der Waals surface area contributed by atoms with Gasteiger partial charge >= 0.3 is 6.36 Å². The van der Waals surface area contributed by atoms with Crippen LogP contribution in [0.4, 0.5) is 13.2 Å². The van der Waals surface area contributed by atoms with Crippen molar-refractivity contribution >= 4 is 34.2 Å². The first-order valence-electron chi connectivity index (χ1n) is 8.08. The van der Waals surface area contributed by atoms with Crippen molar-refractivity contribution in [3.63, 3.8) is 0 Å². The summed E-state index contributed by atoms with van der Waals surface area (Å²) in [6.45, 7) is 0.411. The molecule has 0 bridgehead atoms. The second-order valence-corrected chi connectivity index (χ2v) is 6.50. The second kappa shape index (κ2) is 6.42. The molecule has 1 aliphatic rings. The minimum Gasteiger partial charge on any atom is -0.405 e. The molecule has 3 aromatic rings. The lowest BCUT2D eigenvalue weighted by atomic mass is 10.1. The molecule has 0 amide bonds. The van der Waals surface area contributed by atoms with E-state index in [9.17, 15) is 18.0 Å². The zero-order chi connectivity index (χ0) is 19.2. The molecule has 0 N–H and O–H groups in total. The largest absolute Gasteiger partial charge is 0.573 e. The third-order valence-corrected chi connectivity index (χ3v) is 4.52. The molecule has 0 saturated heterocycles. The molecule has 0 fully saturated rings. The Labute approximate surface area is 156 Å². The van der Waals surface area contributed by atoms with Crippen molar-refractivity contribution in [3.8, 4) is 5.75 Å². The first kappa shape index (κ1) is 17.6. The number of hydrogen-bond acceptors (Lipinski definition) is 3. The fourth-order valence-electron chi connectivity index (χ4n) is 3.13. The summed E-state index contributed by atoms with van der Waals surface area (Å²) in [5.41, 5.74) is 1.17. The van der Waals surface area contributed by atoms with E-state index in [-0.39, 0.29) is 16.9 Å². The van der Waals surface area contributed by atoms with Gasteiger partial charge in [0.15, 0.2) is 0 Å². The first-order chi connectivity index (χ1) is 12.8. The Bertz CT molecular complexity index is 1140. The average Bonchev–Trinajstić information content (AvgIpc) is 2.98. The molecule has 27 heavy (non-hydrogen) atoms. The van der Waals surface area contributed by atoms with Crippen molar-refractivity contribution in [2.45, 2.75) is 19.3 Å². The molecule has 1 aromatic heterocycles. The van der Waals surface area contributed by atoms with E-state index in [0.717, 1.165) is 0 Å². The summed E-state index contributed by atoms with van der Waals surface area (Å²) >= 11 is 5.98. The monoisotopic (exact) mass is 392 g/mol. The molecule has 1 aliphatic heterocycles. The summed E-state index contributed by atoms with van der Waals surface area (Å²) in [5, 5.41) is 0.900. The van der Waals surface area contributed by atoms with E-state index in [4.69, 9.17) is 11.6 Å². The van der Waals surface area contributed by atoms with Crippen LogP contribution in [0.25, 0.3) is 22.6 Å². The Morgan fingerprint density at radius 1 is 1.19 bits per heavy atom. The van der Waals surface area contributed by atoms with Crippen molar-refractivity contribution < 1.29 is 17.9 Å². The maximum atomic E-state index is 12.7. The van der Waals surface area contributed by atoms with Gasteiger partial charge in [-0.05, 0) is 42.3 Å². The maximum Gasteiger partial charge on any atom is 0.573 e. The number of rotatable bonds is 2. The highest BCUT2D eigenvalue weighted by atomic mass is 35.5. The van der Waals surface area contributed by atoms with E-state index in [1.165, 1.54) is 22.8 Å². The first-order valence-corrected chi connectivity index (χ1v) is 8.45. The number of ether oxygens (including phenoxy) is 1. The number of allylic oxidation sites excluding steroid dienone is 1. The Morgan fingerprint density at radius 2 is 1.96 bits per heavy atom. The van der Waals surface area contributed by atoms with Gasteiger partial charge in [0, 0.05) is 17.1 Å². The fourth-order valence-corrected chi connectivity index (χ4v) is 3.30. The van der Waals surface area contributed by atoms with Crippen LogP contribution in [0.3, 0.4) is 0 Å². The van der Waals surface area contributed by atoms with Gasteiger partial charge in [0.25, 0.3) is 5.56 Å². The van der Waals surface area contributed by atoms with Gasteiger partial charge in [0.2, 0.25) is 0 Å². The molecular weight excluding hydrogens is 381 g/mol. The van der Waals surface area contributed by atoms with E-state index >= 15 is 0 Å². The Balaban J connectivity index is 1.84. The van der Waals surface area contributed by atoms with Crippen molar-refractivity contribution in [1.29, 1.82) is 0 Å². The van der Waals surface area contributed by atoms with Crippen LogP contribution in [0.5, 0.6) is 5.75 Å². The second-order valence-electron chi connectivity index (χ2n) is 6.06. The molecular formula is C19H12ClF3N2O2. The third-order valence-electron chi connectivity index (χ3n) is 4.28. The van der Waals surface area contributed by atoms with Crippen molar-refractivity contribution in [3.05, 3.63) is 69.2 Å². The van der Waals surface area contributed by atoms with Crippen LogP contribution < -0.4 is 10.3 Å². The molecule has 0 saturated carbocycles. The Hall–Kier alpha value is -2.80. The maximum absolute atomic E-state index is 12.7. The summed E-state index contributed by atoms with van der Waals surface area (Å²) < 4.78 is 43.5. The normalized spacial score (nSPS) is 15.3. The van der Waals surface area contributed by atoms with Crippen LogP contribution in [-0.4, -0.2) is 15.9 Å². The van der Waals surface area contributed by atoms with Crippen molar-refractivity contribution in [2.24, 2.45) is 0 Å². The molecule has 4 nitrogen and oxygen atoms in total. The van der Waals surface area contributed by atoms with Crippen molar-refractivity contribution in [1.82, 2.24) is 9.55 Å². The van der Waals surface area contributed by atoms with E-state index in [1.807, 2.05) is 0 Å². The van der Waals surface area contributed by atoms with Gasteiger partial charge in [-0.3, -0.25) is 9.36 Å². The molecule has 0 unspecified atom stereocenters. The summed E-state index contributed by atoms with van der Waals surface area (Å²) in [6.07, 6.45) is -2.74. The summed E-state index contributed by atoms with van der Waals surface area (Å²) in [4.78, 5) is 17.2.